The van der Waals surface area contributed by atoms with Crippen LogP contribution in [0.2, 0.25) is 0 Å². The summed E-state index contributed by atoms with van der Waals surface area (Å²) in [4.78, 5) is 9.77. The van der Waals surface area contributed by atoms with Crippen molar-refractivity contribution in [3.05, 3.63) is 10.1 Å². The second kappa shape index (κ2) is 5.34. The molecule has 0 aromatic rings. The van der Waals surface area contributed by atoms with Crippen LogP contribution >= 0.6 is 0 Å². The van der Waals surface area contributed by atoms with Crippen LogP contribution in [0.25, 0.3) is 0 Å². The normalized spacial score (nSPS) is 12.5. The second-order valence-electron chi connectivity index (χ2n) is 2.18. The fraction of sp³-hybridized carbons (Fsp3) is 0.750. The van der Waals surface area contributed by atoms with Crippen LogP contribution in [-0.4, -0.2) is 38.8 Å². The number of nitrogens with two attached hydrogens (primary N) is 1. The molecule has 0 aromatic carbocycles. The molecule has 0 amide bonds. The summed E-state index contributed by atoms with van der Waals surface area (Å²) in [6.07, 6.45) is 0.890. The van der Waals surface area contributed by atoms with Gasteiger partial charge in [0.15, 0.2) is 5.03 Å². The summed E-state index contributed by atoms with van der Waals surface area (Å²) in [5.41, 5.74) is 5.02. The van der Waals surface area contributed by atoms with Crippen molar-refractivity contribution in [2.45, 2.75) is 0 Å². The van der Waals surface area contributed by atoms with Crippen molar-refractivity contribution in [2.24, 2.45) is 10.8 Å². The number of hydrogen-bond acceptors (Lipinski definition) is 5. The Labute approximate surface area is 80.2 Å². The molecule has 0 saturated heterocycles. The Morgan fingerprint density at radius 3 is 2.71 bits per heavy atom. The SMILES string of the molecule is CS(=O)(=O)OCCN/C(N)=N/[N+](=O)[O-]. The average molecular weight is 226 g/mol. The van der Waals surface area contributed by atoms with Gasteiger partial charge in [-0.3, -0.25) is 4.18 Å². The number of nitrogens with zero attached hydrogens (tertiary/aromatic N) is 2. The van der Waals surface area contributed by atoms with Crippen LogP contribution in [0.1, 0.15) is 0 Å². The quantitative estimate of drug-likeness (QED) is 0.139. The third-order valence-electron chi connectivity index (χ3n) is 0.895. The average Bonchev–Trinajstić information content (AvgIpc) is 1.95. The van der Waals surface area contributed by atoms with Crippen molar-refractivity contribution in [3.8, 4) is 0 Å². The first kappa shape index (κ1) is 12.6. The molecule has 0 fully saturated rings. The van der Waals surface area contributed by atoms with Gasteiger partial charge in [0.2, 0.25) is 0 Å². The van der Waals surface area contributed by atoms with Gasteiger partial charge in [-0.05, 0) is 0 Å². The van der Waals surface area contributed by atoms with Crippen molar-refractivity contribution >= 4 is 16.1 Å². The largest absolute Gasteiger partial charge is 0.365 e. The maximum atomic E-state index is 10.4. The van der Waals surface area contributed by atoms with Crippen molar-refractivity contribution in [1.82, 2.24) is 5.32 Å². The minimum Gasteiger partial charge on any atom is -0.365 e. The Balaban J connectivity index is 3.71. The van der Waals surface area contributed by atoms with Gasteiger partial charge in [0.25, 0.3) is 16.1 Å². The van der Waals surface area contributed by atoms with Crippen LogP contribution in [0.15, 0.2) is 5.10 Å². The Hall–Kier alpha value is -1.42. The molecular formula is C4H10N4O5S. The fourth-order valence-electron chi connectivity index (χ4n) is 0.495. The molecule has 82 valence electrons. The van der Waals surface area contributed by atoms with E-state index >= 15 is 0 Å². The summed E-state index contributed by atoms with van der Waals surface area (Å²) < 4.78 is 25.2. The minimum absolute atomic E-state index is 0.0102. The van der Waals surface area contributed by atoms with Gasteiger partial charge in [-0.1, -0.05) is 0 Å². The summed E-state index contributed by atoms with van der Waals surface area (Å²) in [5, 5.41) is 13.8. The van der Waals surface area contributed by atoms with E-state index in [0.717, 1.165) is 6.26 Å². The zero-order chi connectivity index (χ0) is 11.2. The summed E-state index contributed by atoms with van der Waals surface area (Å²) in [7, 11) is -3.50. The van der Waals surface area contributed by atoms with E-state index in [1.54, 1.807) is 0 Å². The Kier molecular flexibility index (Phi) is 4.80. The van der Waals surface area contributed by atoms with E-state index < -0.39 is 21.1 Å². The van der Waals surface area contributed by atoms with Crippen molar-refractivity contribution in [2.75, 3.05) is 19.4 Å². The molecule has 0 aliphatic heterocycles. The maximum absolute atomic E-state index is 10.4. The highest BCUT2D eigenvalue weighted by atomic mass is 32.2. The third kappa shape index (κ3) is 8.67. The minimum atomic E-state index is -3.50. The molecule has 3 N–H and O–H groups in total. The first-order valence-electron chi connectivity index (χ1n) is 3.38. The van der Waals surface area contributed by atoms with E-state index in [4.69, 9.17) is 5.73 Å². The Morgan fingerprint density at radius 1 is 1.71 bits per heavy atom. The number of guanidine groups is 1. The topological polar surface area (TPSA) is 137 Å². The molecule has 0 saturated carbocycles. The molecular weight excluding hydrogens is 216 g/mol. The van der Waals surface area contributed by atoms with Gasteiger partial charge in [0.1, 0.15) is 5.10 Å². The molecule has 0 spiro atoms. The van der Waals surface area contributed by atoms with Gasteiger partial charge in [-0.15, -0.1) is 0 Å². The summed E-state index contributed by atoms with van der Waals surface area (Å²) in [6, 6.07) is 0. The van der Waals surface area contributed by atoms with Gasteiger partial charge in [-0.2, -0.15) is 8.42 Å². The van der Waals surface area contributed by atoms with E-state index in [0.29, 0.717) is 0 Å². The van der Waals surface area contributed by atoms with Crippen LogP contribution in [0.5, 0.6) is 0 Å². The molecule has 0 aliphatic carbocycles. The number of rotatable bonds is 5. The van der Waals surface area contributed by atoms with Gasteiger partial charge in [0, 0.05) is 6.54 Å². The van der Waals surface area contributed by atoms with Gasteiger partial charge < -0.3 is 11.1 Å². The van der Waals surface area contributed by atoms with E-state index in [-0.39, 0.29) is 13.2 Å². The molecule has 0 heterocycles. The predicted molar refractivity (Wildman–Crippen MR) is 47.4 cm³/mol. The first-order valence-corrected chi connectivity index (χ1v) is 5.19. The van der Waals surface area contributed by atoms with Crippen LogP contribution < -0.4 is 11.1 Å². The van der Waals surface area contributed by atoms with Crippen LogP contribution in [0.3, 0.4) is 0 Å². The molecule has 0 bridgehead atoms. The third-order valence-corrected chi connectivity index (χ3v) is 1.49. The van der Waals surface area contributed by atoms with Crippen LogP contribution in [-0.2, 0) is 14.3 Å². The lowest BCUT2D eigenvalue weighted by atomic mass is 10.7. The lowest BCUT2D eigenvalue weighted by Gasteiger charge is -2.02. The van der Waals surface area contributed by atoms with E-state index in [1.807, 2.05) is 0 Å². The molecule has 0 unspecified atom stereocenters. The number of nitrogens with one attached hydrogen (secondary N) is 1. The highest BCUT2D eigenvalue weighted by Crippen LogP contribution is 1.83. The lowest BCUT2D eigenvalue weighted by molar-refractivity contribution is -0.485. The molecule has 0 aromatic heterocycles. The van der Waals surface area contributed by atoms with E-state index in [2.05, 4.69) is 14.6 Å². The smallest absolute Gasteiger partial charge is 0.266 e. The van der Waals surface area contributed by atoms with Crippen molar-refractivity contribution in [1.29, 1.82) is 0 Å². The van der Waals surface area contributed by atoms with Crippen molar-refractivity contribution in [3.63, 3.8) is 0 Å². The van der Waals surface area contributed by atoms with Crippen LogP contribution in [0.4, 0.5) is 0 Å². The predicted octanol–water partition coefficient (Wildman–Crippen LogP) is -1.94. The lowest BCUT2D eigenvalue weighted by Crippen LogP contribution is -2.35. The summed E-state index contributed by atoms with van der Waals surface area (Å²) in [6.45, 7) is -0.164. The molecule has 10 heteroatoms. The van der Waals surface area contributed by atoms with Crippen molar-refractivity contribution < 1.29 is 17.6 Å². The van der Waals surface area contributed by atoms with Gasteiger partial charge in [-0.25, -0.2) is 10.1 Å². The maximum Gasteiger partial charge on any atom is 0.266 e. The molecule has 14 heavy (non-hydrogen) atoms. The van der Waals surface area contributed by atoms with E-state index in [9.17, 15) is 18.5 Å². The number of hydrogen-bond donors (Lipinski definition) is 2. The highest BCUT2D eigenvalue weighted by molar-refractivity contribution is 7.85. The van der Waals surface area contributed by atoms with E-state index in [1.165, 1.54) is 0 Å². The fourth-order valence-corrected chi connectivity index (χ4v) is 0.882. The van der Waals surface area contributed by atoms with Gasteiger partial charge in [0.05, 0.1) is 12.9 Å². The summed E-state index contributed by atoms with van der Waals surface area (Å²) in [5.74, 6) is -0.410. The van der Waals surface area contributed by atoms with Crippen LogP contribution in [0, 0.1) is 10.1 Å². The summed E-state index contributed by atoms with van der Waals surface area (Å²) >= 11 is 0. The highest BCUT2D eigenvalue weighted by Gasteiger charge is 2.02. The molecule has 0 rings (SSSR count). The monoisotopic (exact) mass is 226 g/mol. The van der Waals surface area contributed by atoms with Gasteiger partial charge >= 0.3 is 0 Å². The first-order chi connectivity index (χ1) is 6.31. The zero-order valence-electron chi connectivity index (χ0n) is 7.34. The molecule has 0 atom stereocenters. The Bertz CT molecular complexity index is 323. The molecule has 9 nitrogen and oxygen atoms in total. The molecule has 0 radical (unpaired) electrons. The Morgan fingerprint density at radius 2 is 2.29 bits per heavy atom. The number of hydrazone groups is 1. The standard InChI is InChI=1S/C4H10N4O5S/c1-14(11,12)13-3-2-6-4(5)7-8(9)10/h2-3H2,1H3,(H3,5,6,7). The number of nitro groups is 1. The zero-order valence-corrected chi connectivity index (χ0v) is 8.15. The molecule has 0 aliphatic rings. The second-order valence-corrected chi connectivity index (χ2v) is 3.82.